The molecule has 1 saturated carbocycles. The van der Waals surface area contributed by atoms with Crippen LogP contribution in [-0.2, 0) is 0 Å². The largest absolute Gasteiger partial charge is 0.0839 e. The second-order valence-electron chi connectivity index (χ2n) is 3.86. The molecule has 1 fully saturated rings. The monoisotopic (exact) mass is 148 g/mol. The molecule has 0 nitrogen and oxygen atoms in total. The number of fused-ring (bicyclic) bond motifs is 1. The third-order valence-corrected chi connectivity index (χ3v) is 3.08. The SMILES string of the molecule is C[C@H]1CCCC2CC=CC=C21. The molecule has 0 aliphatic heterocycles. The van der Waals surface area contributed by atoms with E-state index >= 15 is 0 Å². The Bertz CT molecular complexity index is 198. The van der Waals surface area contributed by atoms with E-state index in [9.17, 15) is 0 Å². The fraction of sp³-hybridized carbons (Fsp3) is 0.636. The van der Waals surface area contributed by atoms with Crippen molar-refractivity contribution in [3.63, 3.8) is 0 Å². The lowest BCUT2D eigenvalue weighted by atomic mass is 9.74. The van der Waals surface area contributed by atoms with E-state index in [2.05, 4.69) is 25.2 Å². The van der Waals surface area contributed by atoms with Gasteiger partial charge in [-0.2, -0.15) is 0 Å². The van der Waals surface area contributed by atoms with Gasteiger partial charge in [0.15, 0.2) is 0 Å². The normalized spacial score (nSPS) is 36.3. The summed E-state index contributed by atoms with van der Waals surface area (Å²) in [5, 5.41) is 0. The van der Waals surface area contributed by atoms with Gasteiger partial charge in [0.2, 0.25) is 0 Å². The first-order chi connectivity index (χ1) is 5.38. The summed E-state index contributed by atoms with van der Waals surface area (Å²) in [6.07, 6.45) is 12.5. The summed E-state index contributed by atoms with van der Waals surface area (Å²) in [6.45, 7) is 2.37. The molecule has 2 atom stereocenters. The lowest BCUT2D eigenvalue weighted by molar-refractivity contribution is 0.383. The minimum absolute atomic E-state index is 0.860. The van der Waals surface area contributed by atoms with Crippen molar-refractivity contribution in [1.82, 2.24) is 0 Å². The maximum absolute atomic E-state index is 2.37. The lowest BCUT2D eigenvalue weighted by Crippen LogP contribution is -2.18. The van der Waals surface area contributed by atoms with Crippen molar-refractivity contribution in [3.05, 3.63) is 23.8 Å². The van der Waals surface area contributed by atoms with Crippen molar-refractivity contribution in [2.75, 3.05) is 0 Å². The van der Waals surface area contributed by atoms with Gasteiger partial charge in [-0.1, -0.05) is 37.1 Å². The van der Waals surface area contributed by atoms with Crippen LogP contribution in [0.5, 0.6) is 0 Å². The van der Waals surface area contributed by atoms with Gasteiger partial charge in [0.1, 0.15) is 0 Å². The fourth-order valence-corrected chi connectivity index (χ4v) is 2.38. The van der Waals surface area contributed by atoms with Crippen LogP contribution in [0.1, 0.15) is 32.6 Å². The lowest BCUT2D eigenvalue weighted by Gasteiger charge is -2.31. The van der Waals surface area contributed by atoms with Gasteiger partial charge in [-0.25, -0.2) is 0 Å². The standard InChI is InChI=1S/C11H16/c1-9-5-4-7-10-6-2-3-8-11(9)10/h2-3,8-10H,4-7H2,1H3/t9-,10?/m0/s1. The second kappa shape index (κ2) is 2.84. The van der Waals surface area contributed by atoms with Crippen molar-refractivity contribution < 1.29 is 0 Å². The Kier molecular flexibility index (Phi) is 1.85. The molecular weight excluding hydrogens is 132 g/mol. The molecule has 0 saturated heterocycles. The van der Waals surface area contributed by atoms with Gasteiger partial charge in [0.05, 0.1) is 0 Å². The van der Waals surface area contributed by atoms with Crippen LogP contribution in [0, 0.1) is 11.8 Å². The molecule has 0 amide bonds. The fourth-order valence-electron chi connectivity index (χ4n) is 2.38. The molecule has 11 heavy (non-hydrogen) atoms. The van der Waals surface area contributed by atoms with Crippen molar-refractivity contribution in [2.24, 2.45) is 11.8 Å². The molecule has 2 aliphatic carbocycles. The van der Waals surface area contributed by atoms with Crippen LogP contribution < -0.4 is 0 Å². The number of hydrogen-bond donors (Lipinski definition) is 0. The van der Waals surface area contributed by atoms with E-state index in [1.807, 2.05) is 0 Å². The van der Waals surface area contributed by atoms with E-state index < -0.39 is 0 Å². The van der Waals surface area contributed by atoms with E-state index in [0.717, 1.165) is 11.8 Å². The first kappa shape index (κ1) is 7.15. The minimum atomic E-state index is 0.860. The highest BCUT2D eigenvalue weighted by atomic mass is 14.3. The average molecular weight is 148 g/mol. The van der Waals surface area contributed by atoms with Gasteiger partial charge < -0.3 is 0 Å². The molecule has 2 aliphatic rings. The van der Waals surface area contributed by atoms with Gasteiger partial charge >= 0.3 is 0 Å². The van der Waals surface area contributed by atoms with Crippen molar-refractivity contribution >= 4 is 0 Å². The van der Waals surface area contributed by atoms with Crippen LogP contribution in [0.3, 0.4) is 0 Å². The average Bonchev–Trinajstić information content (AvgIpc) is 2.06. The molecule has 0 spiro atoms. The quantitative estimate of drug-likeness (QED) is 0.494. The molecule has 2 rings (SSSR count). The highest BCUT2D eigenvalue weighted by molar-refractivity contribution is 5.23. The Morgan fingerprint density at radius 1 is 1.36 bits per heavy atom. The summed E-state index contributed by atoms with van der Waals surface area (Å²) in [5.74, 6) is 1.77. The Morgan fingerprint density at radius 2 is 2.27 bits per heavy atom. The zero-order valence-electron chi connectivity index (χ0n) is 7.22. The summed E-state index contributed by atoms with van der Waals surface area (Å²) >= 11 is 0. The van der Waals surface area contributed by atoms with Crippen LogP contribution in [0.4, 0.5) is 0 Å². The maximum atomic E-state index is 2.37. The molecular formula is C11H16. The number of rotatable bonds is 0. The van der Waals surface area contributed by atoms with E-state index in [-0.39, 0.29) is 0 Å². The number of allylic oxidation sites excluding steroid dienone is 4. The van der Waals surface area contributed by atoms with Gasteiger partial charge in [0.25, 0.3) is 0 Å². The molecule has 0 bridgehead atoms. The van der Waals surface area contributed by atoms with Gasteiger partial charge in [0, 0.05) is 0 Å². The minimum Gasteiger partial charge on any atom is -0.0839 e. The van der Waals surface area contributed by atoms with Gasteiger partial charge in [-0.05, 0) is 31.1 Å². The first-order valence-corrected chi connectivity index (χ1v) is 4.74. The molecule has 0 aromatic carbocycles. The zero-order chi connectivity index (χ0) is 7.68. The summed E-state index contributed by atoms with van der Waals surface area (Å²) in [7, 11) is 0. The van der Waals surface area contributed by atoms with Crippen LogP contribution >= 0.6 is 0 Å². The third-order valence-electron chi connectivity index (χ3n) is 3.08. The Labute approximate surface area is 69.0 Å². The Morgan fingerprint density at radius 3 is 3.09 bits per heavy atom. The van der Waals surface area contributed by atoms with Gasteiger partial charge in [-0.15, -0.1) is 0 Å². The summed E-state index contributed by atoms with van der Waals surface area (Å²) in [6, 6.07) is 0. The van der Waals surface area contributed by atoms with E-state index in [1.54, 1.807) is 5.57 Å². The molecule has 0 aromatic rings. The maximum Gasteiger partial charge on any atom is -0.0163 e. The molecule has 0 aromatic heterocycles. The van der Waals surface area contributed by atoms with Crippen molar-refractivity contribution in [3.8, 4) is 0 Å². The smallest absolute Gasteiger partial charge is 0.0163 e. The van der Waals surface area contributed by atoms with Crippen LogP contribution in [0.25, 0.3) is 0 Å². The first-order valence-electron chi connectivity index (χ1n) is 4.74. The molecule has 0 heteroatoms. The Balaban J connectivity index is 2.20. The van der Waals surface area contributed by atoms with Crippen molar-refractivity contribution in [2.45, 2.75) is 32.6 Å². The highest BCUT2D eigenvalue weighted by Gasteiger charge is 2.23. The molecule has 1 unspecified atom stereocenters. The zero-order valence-corrected chi connectivity index (χ0v) is 7.22. The topological polar surface area (TPSA) is 0 Å². The highest BCUT2D eigenvalue weighted by Crippen LogP contribution is 2.37. The predicted molar refractivity (Wildman–Crippen MR) is 48.3 cm³/mol. The second-order valence-corrected chi connectivity index (χ2v) is 3.86. The van der Waals surface area contributed by atoms with Gasteiger partial charge in [-0.3, -0.25) is 0 Å². The van der Waals surface area contributed by atoms with E-state index in [1.165, 1.54) is 25.7 Å². The van der Waals surface area contributed by atoms with E-state index in [4.69, 9.17) is 0 Å². The van der Waals surface area contributed by atoms with Crippen LogP contribution in [-0.4, -0.2) is 0 Å². The predicted octanol–water partition coefficient (Wildman–Crippen LogP) is 3.31. The third kappa shape index (κ3) is 1.26. The van der Waals surface area contributed by atoms with Crippen molar-refractivity contribution in [1.29, 1.82) is 0 Å². The number of hydrogen-bond acceptors (Lipinski definition) is 0. The molecule has 0 heterocycles. The Hall–Kier alpha value is -0.520. The molecule has 0 N–H and O–H groups in total. The van der Waals surface area contributed by atoms with Crippen LogP contribution in [0.15, 0.2) is 23.8 Å². The summed E-state index contributed by atoms with van der Waals surface area (Å²) in [4.78, 5) is 0. The summed E-state index contributed by atoms with van der Waals surface area (Å²) in [5.41, 5.74) is 1.72. The summed E-state index contributed by atoms with van der Waals surface area (Å²) < 4.78 is 0. The van der Waals surface area contributed by atoms with Crippen LogP contribution in [0.2, 0.25) is 0 Å². The van der Waals surface area contributed by atoms with E-state index in [0.29, 0.717) is 0 Å². The molecule has 0 radical (unpaired) electrons. The molecule has 60 valence electrons.